The molecule has 0 saturated heterocycles. The molecule has 0 fully saturated rings. The predicted molar refractivity (Wildman–Crippen MR) is 69.5 cm³/mol. The maximum Gasteiger partial charge on any atom is 0.124 e. The van der Waals surface area contributed by atoms with Crippen molar-refractivity contribution in [2.24, 2.45) is 0 Å². The standard InChI is InChI=1S/C11H11ClFN3.ClH/c1-14-10-5-15-16(7-10)6-8-2-3-9(13)4-11(8)12;/h2-5,7,14H,6H2,1H3;1H. The molecule has 0 amide bonds. The highest BCUT2D eigenvalue weighted by Gasteiger charge is 2.04. The van der Waals surface area contributed by atoms with Crippen LogP contribution in [0.25, 0.3) is 0 Å². The van der Waals surface area contributed by atoms with Crippen molar-refractivity contribution in [3.05, 3.63) is 47.0 Å². The van der Waals surface area contributed by atoms with E-state index in [1.807, 2.05) is 13.2 Å². The normalized spacial score (nSPS) is 9.82. The maximum atomic E-state index is 12.8. The fourth-order valence-corrected chi connectivity index (χ4v) is 1.63. The summed E-state index contributed by atoms with van der Waals surface area (Å²) in [5, 5.41) is 7.55. The van der Waals surface area contributed by atoms with Gasteiger partial charge in [-0.2, -0.15) is 5.10 Å². The Morgan fingerprint density at radius 3 is 2.82 bits per heavy atom. The molecule has 1 aromatic carbocycles. The Balaban J connectivity index is 0.00000144. The van der Waals surface area contributed by atoms with Gasteiger partial charge in [0.2, 0.25) is 0 Å². The van der Waals surface area contributed by atoms with Crippen LogP contribution in [0.2, 0.25) is 5.02 Å². The molecule has 0 aliphatic heterocycles. The Kier molecular flexibility index (Phi) is 4.78. The summed E-state index contributed by atoms with van der Waals surface area (Å²) in [6.07, 6.45) is 3.58. The summed E-state index contributed by atoms with van der Waals surface area (Å²) in [6.45, 7) is 0.529. The van der Waals surface area contributed by atoms with E-state index >= 15 is 0 Å². The zero-order valence-corrected chi connectivity index (χ0v) is 10.7. The van der Waals surface area contributed by atoms with Crippen molar-refractivity contribution in [2.75, 3.05) is 12.4 Å². The maximum absolute atomic E-state index is 12.8. The lowest BCUT2D eigenvalue weighted by atomic mass is 10.2. The van der Waals surface area contributed by atoms with Crippen molar-refractivity contribution in [3.8, 4) is 0 Å². The van der Waals surface area contributed by atoms with Crippen molar-refractivity contribution in [3.63, 3.8) is 0 Å². The van der Waals surface area contributed by atoms with Crippen LogP contribution in [0.15, 0.2) is 30.6 Å². The molecule has 1 heterocycles. The first-order valence-electron chi connectivity index (χ1n) is 4.83. The van der Waals surface area contributed by atoms with Gasteiger partial charge in [0, 0.05) is 18.3 Å². The van der Waals surface area contributed by atoms with Crippen LogP contribution in [0.1, 0.15) is 5.56 Å². The summed E-state index contributed by atoms with van der Waals surface area (Å²) < 4.78 is 14.6. The van der Waals surface area contributed by atoms with Crippen LogP contribution in [0.3, 0.4) is 0 Å². The van der Waals surface area contributed by atoms with Crippen LogP contribution in [-0.2, 0) is 6.54 Å². The number of nitrogens with one attached hydrogen (secondary N) is 1. The Morgan fingerprint density at radius 2 is 2.24 bits per heavy atom. The van der Waals surface area contributed by atoms with E-state index in [0.29, 0.717) is 11.6 Å². The van der Waals surface area contributed by atoms with Gasteiger partial charge >= 0.3 is 0 Å². The average molecular weight is 276 g/mol. The predicted octanol–water partition coefficient (Wildman–Crippen LogP) is 3.19. The van der Waals surface area contributed by atoms with E-state index < -0.39 is 0 Å². The topological polar surface area (TPSA) is 29.9 Å². The number of hydrogen-bond acceptors (Lipinski definition) is 2. The molecule has 0 atom stereocenters. The molecule has 92 valence electrons. The van der Waals surface area contributed by atoms with Gasteiger partial charge in [-0.15, -0.1) is 12.4 Å². The van der Waals surface area contributed by atoms with Gasteiger partial charge in [-0.25, -0.2) is 4.39 Å². The fourth-order valence-electron chi connectivity index (χ4n) is 1.40. The van der Waals surface area contributed by atoms with Gasteiger partial charge < -0.3 is 5.32 Å². The van der Waals surface area contributed by atoms with E-state index in [1.165, 1.54) is 12.1 Å². The molecule has 2 aromatic rings. The number of anilines is 1. The number of aromatic nitrogens is 2. The Labute approximate surface area is 110 Å². The highest BCUT2D eigenvalue weighted by atomic mass is 35.5. The summed E-state index contributed by atoms with van der Waals surface area (Å²) in [6, 6.07) is 4.36. The second-order valence-corrected chi connectivity index (χ2v) is 3.82. The van der Waals surface area contributed by atoms with Gasteiger partial charge in [-0.3, -0.25) is 4.68 Å². The highest BCUT2D eigenvalue weighted by Crippen LogP contribution is 2.18. The zero-order valence-electron chi connectivity index (χ0n) is 9.15. The van der Waals surface area contributed by atoms with Gasteiger partial charge in [0.15, 0.2) is 0 Å². The molecule has 1 aromatic heterocycles. The molecule has 3 nitrogen and oxygen atoms in total. The number of halogens is 3. The van der Waals surface area contributed by atoms with Gasteiger partial charge in [0.05, 0.1) is 18.4 Å². The lowest BCUT2D eigenvalue weighted by Crippen LogP contribution is -2.00. The van der Waals surface area contributed by atoms with Crippen molar-refractivity contribution in [1.29, 1.82) is 0 Å². The van der Waals surface area contributed by atoms with Crippen molar-refractivity contribution < 1.29 is 4.39 Å². The second-order valence-electron chi connectivity index (χ2n) is 3.41. The third kappa shape index (κ3) is 3.35. The van der Waals surface area contributed by atoms with Crippen LogP contribution >= 0.6 is 24.0 Å². The van der Waals surface area contributed by atoms with E-state index in [9.17, 15) is 4.39 Å². The zero-order chi connectivity index (χ0) is 11.5. The molecule has 17 heavy (non-hydrogen) atoms. The Hall–Kier alpha value is -1.26. The van der Waals surface area contributed by atoms with E-state index in [2.05, 4.69) is 10.4 Å². The molecule has 0 aliphatic carbocycles. The number of hydrogen-bond donors (Lipinski definition) is 1. The minimum Gasteiger partial charge on any atom is -0.386 e. The van der Waals surface area contributed by atoms with Gasteiger partial charge in [-0.1, -0.05) is 17.7 Å². The van der Waals surface area contributed by atoms with Crippen LogP contribution < -0.4 is 5.32 Å². The molecule has 0 spiro atoms. The summed E-state index contributed by atoms with van der Waals surface area (Å²) >= 11 is 5.92. The van der Waals surface area contributed by atoms with E-state index in [4.69, 9.17) is 11.6 Å². The van der Waals surface area contributed by atoms with Crippen LogP contribution in [0.4, 0.5) is 10.1 Å². The molecule has 1 N–H and O–H groups in total. The summed E-state index contributed by atoms with van der Waals surface area (Å²) in [7, 11) is 1.83. The van der Waals surface area contributed by atoms with E-state index in [1.54, 1.807) is 16.9 Å². The van der Waals surface area contributed by atoms with Crippen molar-refractivity contribution >= 4 is 29.7 Å². The molecule has 6 heteroatoms. The minimum atomic E-state index is -0.329. The SMILES string of the molecule is CNc1cnn(Cc2ccc(F)cc2Cl)c1.Cl. The van der Waals surface area contributed by atoms with E-state index in [-0.39, 0.29) is 18.2 Å². The first-order valence-corrected chi connectivity index (χ1v) is 5.21. The molecule has 0 aliphatic rings. The fraction of sp³-hybridized carbons (Fsp3) is 0.182. The third-order valence-corrected chi connectivity index (χ3v) is 2.62. The smallest absolute Gasteiger partial charge is 0.124 e. The number of benzene rings is 1. The lowest BCUT2D eigenvalue weighted by molar-refractivity contribution is 0.624. The molecule has 2 rings (SSSR count). The van der Waals surface area contributed by atoms with Crippen LogP contribution in [0, 0.1) is 5.82 Å². The summed E-state index contributed by atoms with van der Waals surface area (Å²) in [5.74, 6) is -0.329. The summed E-state index contributed by atoms with van der Waals surface area (Å²) in [4.78, 5) is 0. The van der Waals surface area contributed by atoms with Crippen molar-refractivity contribution in [1.82, 2.24) is 9.78 Å². The van der Waals surface area contributed by atoms with Crippen LogP contribution in [0.5, 0.6) is 0 Å². The van der Waals surface area contributed by atoms with Gasteiger partial charge in [0.1, 0.15) is 5.82 Å². The largest absolute Gasteiger partial charge is 0.386 e. The molecule has 0 radical (unpaired) electrons. The monoisotopic (exact) mass is 275 g/mol. The van der Waals surface area contributed by atoms with Crippen LogP contribution in [-0.4, -0.2) is 16.8 Å². The molecular weight excluding hydrogens is 264 g/mol. The lowest BCUT2D eigenvalue weighted by Gasteiger charge is -2.04. The first kappa shape index (κ1) is 13.8. The third-order valence-electron chi connectivity index (χ3n) is 2.27. The Bertz CT molecular complexity index is 499. The summed E-state index contributed by atoms with van der Waals surface area (Å²) in [5.41, 5.74) is 1.77. The number of rotatable bonds is 3. The van der Waals surface area contributed by atoms with Crippen molar-refractivity contribution in [2.45, 2.75) is 6.54 Å². The Morgan fingerprint density at radius 1 is 1.47 bits per heavy atom. The van der Waals surface area contributed by atoms with E-state index in [0.717, 1.165) is 11.3 Å². The highest BCUT2D eigenvalue weighted by molar-refractivity contribution is 6.31. The quantitative estimate of drug-likeness (QED) is 0.933. The second kappa shape index (κ2) is 5.89. The van der Waals surface area contributed by atoms with Gasteiger partial charge in [-0.05, 0) is 17.7 Å². The molecule has 0 saturated carbocycles. The first-order chi connectivity index (χ1) is 7.69. The number of nitrogens with zero attached hydrogens (tertiary/aromatic N) is 2. The molecule has 0 unspecified atom stereocenters. The minimum absolute atomic E-state index is 0. The molecule has 0 bridgehead atoms. The van der Waals surface area contributed by atoms with Gasteiger partial charge in [0.25, 0.3) is 0 Å². The average Bonchev–Trinajstić information content (AvgIpc) is 2.70. The molecular formula is C11H12Cl2FN3.